The van der Waals surface area contributed by atoms with E-state index >= 15 is 0 Å². The van der Waals surface area contributed by atoms with Gasteiger partial charge in [0.15, 0.2) is 3.92 Å². The fourth-order valence-electron chi connectivity index (χ4n) is 0.804. The summed E-state index contributed by atoms with van der Waals surface area (Å²) in [6.07, 6.45) is 1.98. The van der Waals surface area contributed by atoms with Crippen molar-refractivity contribution >= 4 is 27.3 Å². The van der Waals surface area contributed by atoms with Crippen LogP contribution in [0.15, 0.2) is 3.92 Å². The van der Waals surface area contributed by atoms with Crippen LogP contribution in [0.2, 0.25) is 0 Å². The molecule has 0 amide bonds. The van der Waals surface area contributed by atoms with Gasteiger partial charge in [0.25, 0.3) is 0 Å². The van der Waals surface area contributed by atoms with Crippen molar-refractivity contribution in [3.8, 4) is 0 Å². The topological polar surface area (TPSA) is 35.0 Å². The average Bonchev–Trinajstić information content (AvgIpc) is 2.45. The molecule has 1 heterocycles. The van der Waals surface area contributed by atoms with E-state index in [1.54, 1.807) is 11.3 Å². The van der Waals surface area contributed by atoms with Crippen molar-refractivity contribution in [2.45, 2.75) is 19.8 Å². The normalized spacial score (nSPS) is 10.5. The molecule has 0 aliphatic rings. The molecule has 0 N–H and O–H groups in total. The van der Waals surface area contributed by atoms with Gasteiger partial charge in [-0.3, -0.25) is 0 Å². The molecule has 0 fully saturated rings. The quantitative estimate of drug-likeness (QED) is 0.753. The van der Waals surface area contributed by atoms with Gasteiger partial charge in [0.2, 0.25) is 0 Å². The molecule has 0 saturated heterocycles. The number of nitrogens with zero attached hydrogens (tertiary/aromatic N) is 2. The van der Waals surface area contributed by atoms with Crippen LogP contribution in [-0.2, 0) is 11.2 Å². The summed E-state index contributed by atoms with van der Waals surface area (Å²) in [7, 11) is 0. The van der Waals surface area contributed by atoms with Gasteiger partial charge in [-0.2, -0.15) is 0 Å². The zero-order valence-electron chi connectivity index (χ0n) is 6.92. The molecule has 0 aliphatic heterocycles. The summed E-state index contributed by atoms with van der Waals surface area (Å²) in [5.74, 6) is 0. The molecule has 12 heavy (non-hydrogen) atoms. The maximum absolute atomic E-state index is 5.21. The number of aromatic nitrogens is 2. The van der Waals surface area contributed by atoms with Crippen molar-refractivity contribution in [3.05, 3.63) is 8.92 Å². The Hall–Kier alpha value is -0.0000000000000000833. The molecule has 1 rings (SSSR count). The van der Waals surface area contributed by atoms with Gasteiger partial charge in [0.05, 0.1) is 0 Å². The summed E-state index contributed by atoms with van der Waals surface area (Å²) in [6, 6.07) is 0. The second-order valence-electron chi connectivity index (χ2n) is 2.25. The zero-order chi connectivity index (χ0) is 8.81. The van der Waals surface area contributed by atoms with E-state index in [2.05, 4.69) is 26.1 Å². The minimum absolute atomic E-state index is 0.791. The second kappa shape index (κ2) is 5.61. The molecule has 1 aromatic rings. The molecule has 0 radical (unpaired) electrons. The number of ether oxygens (including phenoxy) is 1. The lowest BCUT2D eigenvalue weighted by atomic mass is 10.3. The van der Waals surface area contributed by atoms with Gasteiger partial charge in [-0.1, -0.05) is 11.3 Å². The molecule has 5 heteroatoms. The monoisotopic (exact) mass is 250 g/mol. The van der Waals surface area contributed by atoms with Crippen molar-refractivity contribution in [3.63, 3.8) is 0 Å². The van der Waals surface area contributed by atoms with Crippen molar-refractivity contribution in [2.75, 3.05) is 13.2 Å². The van der Waals surface area contributed by atoms with E-state index in [-0.39, 0.29) is 0 Å². The molecular formula is C7H11BrN2OS. The Morgan fingerprint density at radius 3 is 2.92 bits per heavy atom. The predicted octanol–water partition coefficient (Wildman–Crippen LogP) is 2.27. The van der Waals surface area contributed by atoms with Crippen LogP contribution in [-0.4, -0.2) is 23.4 Å². The number of halogens is 1. The number of aryl methyl sites for hydroxylation is 1. The zero-order valence-corrected chi connectivity index (χ0v) is 9.32. The molecule has 0 aromatic carbocycles. The third-order valence-electron chi connectivity index (χ3n) is 1.33. The highest BCUT2D eigenvalue weighted by Gasteiger charge is 1.99. The van der Waals surface area contributed by atoms with Gasteiger partial charge in [0.1, 0.15) is 5.01 Å². The van der Waals surface area contributed by atoms with Crippen LogP contribution in [0.4, 0.5) is 0 Å². The van der Waals surface area contributed by atoms with Crippen LogP contribution in [0.1, 0.15) is 18.4 Å². The molecule has 3 nitrogen and oxygen atoms in total. The van der Waals surface area contributed by atoms with Crippen LogP contribution in [0, 0.1) is 0 Å². The largest absolute Gasteiger partial charge is 0.382 e. The molecule has 1 aromatic heterocycles. The first kappa shape index (κ1) is 10.1. The van der Waals surface area contributed by atoms with E-state index in [1.165, 1.54) is 0 Å². The summed E-state index contributed by atoms with van der Waals surface area (Å²) in [5.41, 5.74) is 0. The van der Waals surface area contributed by atoms with E-state index in [4.69, 9.17) is 4.74 Å². The Bertz CT molecular complexity index is 229. The lowest BCUT2D eigenvalue weighted by molar-refractivity contribution is 0.145. The van der Waals surface area contributed by atoms with E-state index in [0.717, 1.165) is 35.0 Å². The predicted molar refractivity (Wildman–Crippen MR) is 52.4 cm³/mol. The van der Waals surface area contributed by atoms with Gasteiger partial charge < -0.3 is 4.74 Å². The Morgan fingerprint density at radius 1 is 1.50 bits per heavy atom. The van der Waals surface area contributed by atoms with E-state index < -0.39 is 0 Å². The van der Waals surface area contributed by atoms with Crippen LogP contribution >= 0.6 is 27.3 Å². The van der Waals surface area contributed by atoms with Gasteiger partial charge in [-0.15, -0.1) is 10.2 Å². The first-order valence-corrected chi connectivity index (χ1v) is 5.49. The van der Waals surface area contributed by atoms with Crippen molar-refractivity contribution in [2.24, 2.45) is 0 Å². The third kappa shape index (κ3) is 3.60. The van der Waals surface area contributed by atoms with E-state index in [9.17, 15) is 0 Å². The molecule has 0 bridgehead atoms. The fraction of sp³-hybridized carbons (Fsp3) is 0.714. The van der Waals surface area contributed by atoms with Gasteiger partial charge in [-0.05, 0) is 29.3 Å². The maximum Gasteiger partial charge on any atom is 0.183 e. The summed E-state index contributed by atoms with van der Waals surface area (Å²) in [4.78, 5) is 0. The summed E-state index contributed by atoms with van der Waals surface area (Å²) in [6.45, 7) is 3.61. The van der Waals surface area contributed by atoms with Crippen LogP contribution in [0.3, 0.4) is 0 Å². The van der Waals surface area contributed by atoms with Gasteiger partial charge in [-0.25, -0.2) is 0 Å². The van der Waals surface area contributed by atoms with Crippen LogP contribution < -0.4 is 0 Å². The Kier molecular flexibility index (Phi) is 4.72. The highest BCUT2D eigenvalue weighted by Crippen LogP contribution is 2.16. The highest BCUT2D eigenvalue weighted by atomic mass is 79.9. The van der Waals surface area contributed by atoms with Crippen LogP contribution in [0.25, 0.3) is 0 Å². The highest BCUT2D eigenvalue weighted by molar-refractivity contribution is 9.11. The Morgan fingerprint density at radius 2 is 2.33 bits per heavy atom. The Labute approximate surface area is 84.3 Å². The number of hydrogen-bond donors (Lipinski definition) is 0. The maximum atomic E-state index is 5.21. The number of hydrogen-bond acceptors (Lipinski definition) is 4. The SMILES string of the molecule is CCOCCCc1nnc(Br)s1. The summed E-state index contributed by atoms with van der Waals surface area (Å²) < 4.78 is 6.06. The molecule has 0 spiro atoms. The lowest BCUT2D eigenvalue weighted by Crippen LogP contribution is -1.95. The lowest BCUT2D eigenvalue weighted by Gasteiger charge is -1.97. The molecule has 0 unspecified atom stereocenters. The van der Waals surface area contributed by atoms with Gasteiger partial charge >= 0.3 is 0 Å². The molecule has 0 aliphatic carbocycles. The molecule has 0 atom stereocenters. The average molecular weight is 251 g/mol. The van der Waals surface area contributed by atoms with Gasteiger partial charge in [0, 0.05) is 19.6 Å². The summed E-state index contributed by atoms with van der Waals surface area (Å²) >= 11 is 4.85. The van der Waals surface area contributed by atoms with Crippen LogP contribution in [0.5, 0.6) is 0 Å². The van der Waals surface area contributed by atoms with Crippen molar-refractivity contribution < 1.29 is 4.74 Å². The minimum Gasteiger partial charge on any atom is -0.382 e. The van der Waals surface area contributed by atoms with Crippen molar-refractivity contribution in [1.29, 1.82) is 0 Å². The molecular weight excluding hydrogens is 240 g/mol. The van der Waals surface area contributed by atoms with E-state index in [1.807, 2.05) is 6.92 Å². The number of rotatable bonds is 5. The fourth-order valence-corrected chi connectivity index (χ4v) is 2.05. The molecule has 0 saturated carbocycles. The standard InChI is InChI=1S/C7H11BrN2OS/c1-2-11-5-3-4-6-9-10-7(8)12-6/h2-5H2,1H3. The smallest absolute Gasteiger partial charge is 0.183 e. The van der Waals surface area contributed by atoms with E-state index in [0.29, 0.717) is 0 Å². The second-order valence-corrected chi connectivity index (χ2v) is 4.59. The molecule has 68 valence electrons. The Balaban J connectivity index is 2.15. The first-order chi connectivity index (χ1) is 5.83. The summed E-state index contributed by atoms with van der Waals surface area (Å²) in [5, 5.41) is 8.91. The minimum atomic E-state index is 0.791. The third-order valence-corrected chi connectivity index (χ3v) is 2.74. The first-order valence-electron chi connectivity index (χ1n) is 3.88. The van der Waals surface area contributed by atoms with Crippen molar-refractivity contribution in [1.82, 2.24) is 10.2 Å².